The van der Waals surface area contributed by atoms with Gasteiger partial charge >= 0.3 is 17.9 Å². The van der Waals surface area contributed by atoms with Gasteiger partial charge < -0.3 is 28.1 Å². The number of hydrogen-bond acceptors (Lipinski definition) is 9. The van der Waals surface area contributed by atoms with Gasteiger partial charge in [0.2, 0.25) is 0 Å². The standard InChI is InChI=1S/C34H44O9/c1-9-17(2)31(37)43-25-14-24(41-19(4)35)32(5)16-40-28-29(32)33(25,6)23(13-26(36)38-8)34(7)27-18(3)21(20-10-11-39-15-20)12-22(27)42-30(28)34/h9-11,15,21-25,28-30H,12-14,16H2,1-8H3/b17-9+/t21-,22+,23-,24-,25-,28+,29-,30+,32+,33-,34+/m0/s1. The summed E-state index contributed by atoms with van der Waals surface area (Å²) in [6.45, 7) is 13.9. The third kappa shape index (κ3) is 4.13. The van der Waals surface area contributed by atoms with E-state index in [0.29, 0.717) is 18.6 Å². The Bertz CT molecular complexity index is 1380. The fourth-order valence-electron chi connectivity index (χ4n) is 10.0. The molecule has 0 bridgehead atoms. The third-order valence-electron chi connectivity index (χ3n) is 12.0. The second-order valence-corrected chi connectivity index (χ2v) is 13.9. The fraction of sp³-hybridized carbons (Fsp3) is 0.676. The number of furan rings is 1. The Kier molecular flexibility index (Phi) is 7.24. The molecule has 4 fully saturated rings. The van der Waals surface area contributed by atoms with Crippen molar-refractivity contribution in [3.05, 3.63) is 47.0 Å². The molecule has 11 atom stereocenters. The monoisotopic (exact) mass is 596 g/mol. The van der Waals surface area contributed by atoms with Crippen molar-refractivity contribution in [3.63, 3.8) is 0 Å². The van der Waals surface area contributed by atoms with Crippen LogP contribution in [0.25, 0.3) is 0 Å². The molecule has 234 valence electrons. The van der Waals surface area contributed by atoms with E-state index in [9.17, 15) is 14.4 Å². The zero-order valence-electron chi connectivity index (χ0n) is 26.4. The number of carbonyl (C=O) groups is 3. The van der Waals surface area contributed by atoms with Crippen molar-refractivity contribution in [2.75, 3.05) is 13.7 Å². The van der Waals surface area contributed by atoms with Crippen molar-refractivity contribution >= 4 is 17.9 Å². The second kappa shape index (κ2) is 10.3. The second-order valence-electron chi connectivity index (χ2n) is 13.9. The van der Waals surface area contributed by atoms with E-state index in [-0.39, 0.29) is 48.5 Å². The van der Waals surface area contributed by atoms with E-state index < -0.39 is 40.4 Å². The summed E-state index contributed by atoms with van der Waals surface area (Å²) in [5.74, 6) is -1.54. The number of carbonyl (C=O) groups excluding carboxylic acids is 3. The number of hydrogen-bond donors (Lipinski definition) is 0. The molecular weight excluding hydrogens is 552 g/mol. The number of ether oxygens (including phenoxy) is 5. The van der Waals surface area contributed by atoms with Gasteiger partial charge in [0, 0.05) is 53.4 Å². The van der Waals surface area contributed by atoms with Gasteiger partial charge in [-0.3, -0.25) is 9.59 Å². The molecule has 0 radical (unpaired) electrons. The molecule has 9 nitrogen and oxygen atoms in total. The Morgan fingerprint density at radius 2 is 1.84 bits per heavy atom. The Hall–Kier alpha value is -2.91. The Morgan fingerprint density at radius 3 is 2.47 bits per heavy atom. The van der Waals surface area contributed by atoms with Crippen LogP contribution in [0.1, 0.15) is 79.2 Å². The molecule has 1 aromatic heterocycles. The molecule has 43 heavy (non-hydrogen) atoms. The van der Waals surface area contributed by atoms with Crippen molar-refractivity contribution < 1.29 is 42.5 Å². The summed E-state index contributed by atoms with van der Waals surface area (Å²) in [7, 11) is 1.41. The van der Waals surface area contributed by atoms with Gasteiger partial charge in [-0.25, -0.2) is 4.79 Å². The molecule has 0 amide bonds. The molecular formula is C34H44O9. The van der Waals surface area contributed by atoms with Gasteiger partial charge in [-0.1, -0.05) is 32.4 Å². The predicted octanol–water partition coefficient (Wildman–Crippen LogP) is 5.29. The maximum atomic E-state index is 13.4. The fourth-order valence-corrected chi connectivity index (χ4v) is 10.0. The van der Waals surface area contributed by atoms with Crippen molar-refractivity contribution in [2.24, 2.45) is 28.1 Å². The first-order valence-electron chi connectivity index (χ1n) is 15.4. The molecule has 0 unspecified atom stereocenters. The van der Waals surface area contributed by atoms with Gasteiger partial charge in [0.25, 0.3) is 0 Å². The number of rotatable bonds is 6. The van der Waals surface area contributed by atoms with Crippen LogP contribution in [-0.2, 0) is 38.1 Å². The van der Waals surface area contributed by atoms with E-state index in [1.54, 1.807) is 32.4 Å². The van der Waals surface area contributed by atoms with E-state index in [2.05, 4.69) is 27.7 Å². The summed E-state index contributed by atoms with van der Waals surface area (Å²) < 4.78 is 36.8. The first-order valence-corrected chi connectivity index (χ1v) is 15.4. The minimum Gasteiger partial charge on any atom is -0.472 e. The summed E-state index contributed by atoms with van der Waals surface area (Å²) in [6, 6.07) is 2.00. The van der Waals surface area contributed by atoms with Crippen LogP contribution in [0.4, 0.5) is 0 Å². The molecule has 0 aromatic carbocycles. The number of fused-ring (bicyclic) bond motifs is 4. The summed E-state index contributed by atoms with van der Waals surface area (Å²) in [5, 5.41) is 0. The average Bonchev–Trinajstić information content (AvgIpc) is 3.73. The highest BCUT2D eigenvalue weighted by atomic mass is 16.6. The average molecular weight is 597 g/mol. The largest absolute Gasteiger partial charge is 0.472 e. The minimum absolute atomic E-state index is 0.122. The summed E-state index contributed by atoms with van der Waals surface area (Å²) in [5.41, 5.74) is 2.08. The maximum Gasteiger partial charge on any atom is 0.333 e. The number of esters is 3. The van der Waals surface area contributed by atoms with Gasteiger partial charge in [-0.15, -0.1) is 0 Å². The van der Waals surface area contributed by atoms with Crippen LogP contribution in [0.5, 0.6) is 0 Å². The zero-order valence-corrected chi connectivity index (χ0v) is 26.4. The lowest BCUT2D eigenvalue weighted by Crippen LogP contribution is -2.71. The Morgan fingerprint density at radius 1 is 1.09 bits per heavy atom. The lowest BCUT2D eigenvalue weighted by molar-refractivity contribution is -0.251. The van der Waals surface area contributed by atoms with Crippen LogP contribution in [-0.4, -0.2) is 62.1 Å². The number of allylic oxidation sites excluding steroid dienone is 2. The van der Waals surface area contributed by atoms with Crippen molar-refractivity contribution in [3.8, 4) is 0 Å². The maximum absolute atomic E-state index is 13.4. The smallest absolute Gasteiger partial charge is 0.333 e. The molecule has 9 heteroatoms. The Labute approximate surface area is 253 Å². The van der Waals surface area contributed by atoms with E-state index in [1.807, 2.05) is 6.07 Å². The zero-order chi connectivity index (χ0) is 31.1. The van der Waals surface area contributed by atoms with E-state index in [0.717, 1.165) is 12.0 Å². The first kappa shape index (κ1) is 30.1. The normalized spacial score (nSPS) is 43.1. The highest BCUT2D eigenvalue weighted by Gasteiger charge is 2.78. The van der Waals surface area contributed by atoms with Crippen LogP contribution in [0, 0.1) is 28.1 Å². The van der Waals surface area contributed by atoms with Gasteiger partial charge in [-0.2, -0.15) is 0 Å². The van der Waals surface area contributed by atoms with E-state index in [1.165, 1.54) is 25.2 Å². The van der Waals surface area contributed by atoms with Crippen LogP contribution >= 0.6 is 0 Å². The van der Waals surface area contributed by atoms with Crippen LogP contribution in [0.2, 0.25) is 0 Å². The lowest BCUT2D eigenvalue weighted by atomic mass is 9.40. The van der Waals surface area contributed by atoms with Gasteiger partial charge in [0.05, 0.1) is 44.6 Å². The molecule has 3 heterocycles. The molecule has 1 aromatic rings. The molecule has 5 aliphatic rings. The van der Waals surface area contributed by atoms with Crippen molar-refractivity contribution in [1.29, 1.82) is 0 Å². The third-order valence-corrected chi connectivity index (χ3v) is 12.0. The quantitative estimate of drug-likeness (QED) is 0.187. The molecule has 2 saturated carbocycles. The summed E-state index contributed by atoms with van der Waals surface area (Å²) in [4.78, 5) is 39.0. The minimum atomic E-state index is -0.741. The van der Waals surface area contributed by atoms with Gasteiger partial charge in [0.15, 0.2) is 0 Å². The van der Waals surface area contributed by atoms with Crippen LogP contribution in [0.15, 0.2) is 45.8 Å². The highest BCUT2D eigenvalue weighted by molar-refractivity contribution is 5.87. The Balaban J connectivity index is 1.55. The molecule has 2 aliphatic heterocycles. The SMILES string of the molecule is C/C=C(\C)C(=O)O[C@H]1C[C@H](OC(C)=O)[C@@]2(C)CO[C@H]3[C@H]4O[C@@H]5C[C@H](c6ccoc6)C(C)=C5[C@@]4(C)[C@@H](CC(=O)OC)[C@]1(C)[C@@H]32. The van der Waals surface area contributed by atoms with Gasteiger partial charge in [-0.05, 0) is 50.3 Å². The molecule has 2 saturated heterocycles. The first-order chi connectivity index (χ1) is 20.3. The highest BCUT2D eigenvalue weighted by Crippen LogP contribution is 2.74. The predicted molar refractivity (Wildman–Crippen MR) is 155 cm³/mol. The summed E-state index contributed by atoms with van der Waals surface area (Å²) >= 11 is 0. The van der Waals surface area contributed by atoms with Crippen LogP contribution < -0.4 is 0 Å². The molecule has 0 N–H and O–H groups in total. The molecule has 6 rings (SSSR count). The topological polar surface area (TPSA) is 111 Å². The number of methoxy groups -OCH3 is 1. The van der Waals surface area contributed by atoms with Crippen molar-refractivity contribution in [1.82, 2.24) is 0 Å². The van der Waals surface area contributed by atoms with E-state index in [4.69, 9.17) is 28.1 Å². The van der Waals surface area contributed by atoms with Crippen molar-refractivity contribution in [2.45, 2.75) is 104 Å². The van der Waals surface area contributed by atoms with Crippen LogP contribution in [0.3, 0.4) is 0 Å². The van der Waals surface area contributed by atoms with Gasteiger partial charge in [0.1, 0.15) is 12.2 Å². The summed E-state index contributed by atoms with van der Waals surface area (Å²) in [6.07, 6.45) is 4.39. The molecule has 3 aliphatic carbocycles. The van der Waals surface area contributed by atoms with E-state index >= 15 is 0 Å². The molecule has 0 spiro atoms. The lowest BCUT2D eigenvalue weighted by Gasteiger charge is -2.65.